The van der Waals surface area contributed by atoms with Gasteiger partial charge in [-0.1, -0.05) is 29.8 Å². The van der Waals surface area contributed by atoms with E-state index in [1.807, 2.05) is 49.4 Å². The number of carboxylic acid groups (broad SMARTS) is 1. The Hall–Kier alpha value is -2.53. The molecular formula is C20H21ClN2O3. The van der Waals surface area contributed by atoms with E-state index in [0.717, 1.165) is 22.4 Å². The highest BCUT2D eigenvalue weighted by molar-refractivity contribution is 6.30. The van der Waals surface area contributed by atoms with E-state index in [9.17, 15) is 9.59 Å². The Kier molecular flexibility index (Phi) is 5.47. The smallest absolute Gasteiger partial charge is 0.321 e. The molecule has 2 N–H and O–H groups in total. The SMILES string of the molecule is Cc1cc(-c2cccc(Cl)c2)ccc1NC(=O)N1CCC(C(=O)O)CC1. The number of nitrogens with zero attached hydrogens (tertiary/aromatic N) is 1. The molecule has 2 aromatic carbocycles. The third kappa shape index (κ3) is 4.17. The van der Waals surface area contributed by atoms with Crippen LogP contribution in [0.3, 0.4) is 0 Å². The van der Waals surface area contributed by atoms with Crippen LogP contribution in [0.15, 0.2) is 42.5 Å². The number of halogens is 1. The summed E-state index contributed by atoms with van der Waals surface area (Å²) in [4.78, 5) is 25.1. The Balaban J connectivity index is 1.67. The van der Waals surface area contributed by atoms with Gasteiger partial charge in [0, 0.05) is 23.8 Å². The molecule has 0 aliphatic carbocycles. The van der Waals surface area contributed by atoms with Gasteiger partial charge in [-0.2, -0.15) is 0 Å². The first-order chi connectivity index (χ1) is 12.4. The normalized spacial score (nSPS) is 14.9. The molecule has 136 valence electrons. The largest absolute Gasteiger partial charge is 0.481 e. The molecule has 3 rings (SSSR count). The van der Waals surface area contributed by atoms with Gasteiger partial charge in [0.25, 0.3) is 0 Å². The van der Waals surface area contributed by atoms with Crippen LogP contribution in [0.25, 0.3) is 11.1 Å². The number of aliphatic carboxylic acids is 1. The van der Waals surface area contributed by atoms with Gasteiger partial charge >= 0.3 is 12.0 Å². The van der Waals surface area contributed by atoms with Crippen molar-refractivity contribution in [1.82, 2.24) is 4.90 Å². The molecule has 2 amide bonds. The van der Waals surface area contributed by atoms with Crippen LogP contribution in [0.2, 0.25) is 5.02 Å². The summed E-state index contributed by atoms with van der Waals surface area (Å²) in [6, 6.07) is 13.3. The van der Waals surface area contributed by atoms with Crippen LogP contribution >= 0.6 is 11.6 Å². The van der Waals surface area contributed by atoms with Gasteiger partial charge in [0.05, 0.1) is 5.92 Å². The van der Waals surface area contributed by atoms with Crippen molar-refractivity contribution < 1.29 is 14.7 Å². The van der Waals surface area contributed by atoms with E-state index in [4.69, 9.17) is 16.7 Å². The molecule has 0 saturated carbocycles. The molecule has 0 unspecified atom stereocenters. The average Bonchev–Trinajstić information content (AvgIpc) is 2.63. The highest BCUT2D eigenvalue weighted by Crippen LogP contribution is 2.27. The van der Waals surface area contributed by atoms with Crippen molar-refractivity contribution >= 4 is 29.3 Å². The minimum absolute atomic E-state index is 0.188. The number of carbonyl (C=O) groups is 2. The Bertz CT molecular complexity index is 830. The second-order valence-electron chi connectivity index (χ2n) is 6.57. The zero-order valence-electron chi connectivity index (χ0n) is 14.5. The van der Waals surface area contributed by atoms with Gasteiger partial charge in [0.15, 0.2) is 0 Å². The summed E-state index contributed by atoms with van der Waals surface area (Å²) in [5, 5.41) is 12.7. The van der Waals surface area contributed by atoms with Crippen LogP contribution in [0, 0.1) is 12.8 Å². The first-order valence-corrected chi connectivity index (χ1v) is 8.97. The number of aryl methyl sites for hydroxylation is 1. The second-order valence-corrected chi connectivity index (χ2v) is 7.01. The van der Waals surface area contributed by atoms with Gasteiger partial charge in [0.2, 0.25) is 0 Å². The van der Waals surface area contributed by atoms with Gasteiger partial charge in [-0.25, -0.2) is 4.79 Å². The summed E-state index contributed by atoms with van der Waals surface area (Å²) in [6.45, 7) is 2.87. The van der Waals surface area contributed by atoms with Crippen LogP contribution in [-0.2, 0) is 4.79 Å². The van der Waals surface area contributed by atoms with Crippen molar-refractivity contribution in [2.75, 3.05) is 18.4 Å². The monoisotopic (exact) mass is 372 g/mol. The number of piperidine rings is 1. The van der Waals surface area contributed by atoms with Crippen molar-refractivity contribution in [2.24, 2.45) is 5.92 Å². The van der Waals surface area contributed by atoms with Gasteiger partial charge in [-0.05, 0) is 60.7 Å². The van der Waals surface area contributed by atoms with Crippen molar-refractivity contribution in [3.05, 3.63) is 53.1 Å². The molecule has 1 aliphatic rings. The Morgan fingerprint density at radius 3 is 2.42 bits per heavy atom. The number of hydrogen-bond acceptors (Lipinski definition) is 2. The van der Waals surface area contributed by atoms with Crippen molar-refractivity contribution in [3.8, 4) is 11.1 Å². The van der Waals surface area contributed by atoms with Gasteiger partial charge < -0.3 is 15.3 Å². The van der Waals surface area contributed by atoms with Crippen LogP contribution in [-0.4, -0.2) is 35.1 Å². The first-order valence-electron chi connectivity index (χ1n) is 8.59. The molecule has 1 aliphatic heterocycles. The number of nitrogens with one attached hydrogen (secondary N) is 1. The number of hydrogen-bond donors (Lipinski definition) is 2. The second kappa shape index (κ2) is 7.79. The van der Waals surface area contributed by atoms with Crippen molar-refractivity contribution in [2.45, 2.75) is 19.8 Å². The fraction of sp³-hybridized carbons (Fsp3) is 0.300. The quantitative estimate of drug-likeness (QED) is 0.824. The highest BCUT2D eigenvalue weighted by atomic mass is 35.5. The van der Waals surface area contributed by atoms with Crippen molar-refractivity contribution in [3.63, 3.8) is 0 Å². The van der Waals surface area contributed by atoms with Gasteiger partial charge in [0.1, 0.15) is 0 Å². The predicted molar refractivity (Wildman–Crippen MR) is 103 cm³/mol. The number of likely N-dealkylation sites (tertiary alicyclic amines) is 1. The molecule has 0 aromatic heterocycles. The van der Waals surface area contributed by atoms with Crippen LogP contribution < -0.4 is 5.32 Å². The number of amides is 2. The Morgan fingerprint density at radius 2 is 1.81 bits per heavy atom. The third-order valence-electron chi connectivity index (χ3n) is 4.76. The molecule has 6 heteroatoms. The van der Waals surface area contributed by atoms with Crippen LogP contribution in [0.5, 0.6) is 0 Å². The summed E-state index contributed by atoms with van der Waals surface area (Å²) >= 11 is 6.05. The van der Waals surface area contributed by atoms with E-state index in [2.05, 4.69) is 5.32 Å². The topological polar surface area (TPSA) is 69.6 Å². The first kappa shape index (κ1) is 18.3. The number of carboxylic acids is 1. The highest BCUT2D eigenvalue weighted by Gasteiger charge is 2.27. The minimum Gasteiger partial charge on any atom is -0.481 e. The molecule has 1 fully saturated rings. The molecule has 2 aromatic rings. The van der Waals surface area contributed by atoms with Gasteiger partial charge in [-0.3, -0.25) is 4.79 Å². The molecule has 1 heterocycles. The van der Waals surface area contributed by atoms with E-state index in [0.29, 0.717) is 31.0 Å². The third-order valence-corrected chi connectivity index (χ3v) is 4.99. The van der Waals surface area contributed by atoms with E-state index < -0.39 is 5.97 Å². The van der Waals surface area contributed by atoms with Crippen LogP contribution in [0.1, 0.15) is 18.4 Å². The standard InChI is InChI=1S/C20H21ClN2O3/c1-13-11-16(15-3-2-4-17(21)12-15)5-6-18(13)22-20(26)23-9-7-14(8-10-23)19(24)25/h2-6,11-12,14H,7-10H2,1H3,(H,22,26)(H,24,25). The maximum atomic E-state index is 12.4. The van der Waals surface area contributed by atoms with E-state index >= 15 is 0 Å². The van der Waals surface area contributed by atoms with E-state index in [-0.39, 0.29) is 11.9 Å². The molecular weight excluding hydrogens is 352 g/mol. The molecule has 0 bridgehead atoms. The lowest BCUT2D eigenvalue weighted by atomic mass is 9.97. The number of carbonyl (C=O) groups excluding carboxylic acids is 1. The zero-order chi connectivity index (χ0) is 18.7. The van der Waals surface area contributed by atoms with Crippen LogP contribution in [0.4, 0.5) is 10.5 Å². The maximum absolute atomic E-state index is 12.4. The van der Waals surface area contributed by atoms with E-state index in [1.54, 1.807) is 4.90 Å². The summed E-state index contributed by atoms with van der Waals surface area (Å²) in [6.07, 6.45) is 0.991. The molecule has 5 nitrogen and oxygen atoms in total. The molecule has 26 heavy (non-hydrogen) atoms. The minimum atomic E-state index is -0.780. The summed E-state index contributed by atoms with van der Waals surface area (Å²) in [5.41, 5.74) is 3.76. The fourth-order valence-corrected chi connectivity index (χ4v) is 3.37. The lowest BCUT2D eigenvalue weighted by molar-refractivity contribution is -0.143. The summed E-state index contributed by atoms with van der Waals surface area (Å²) < 4.78 is 0. The molecule has 0 atom stereocenters. The molecule has 0 radical (unpaired) electrons. The van der Waals surface area contributed by atoms with E-state index in [1.165, 1.54) is 0 Å². The fourth-order valence-electron chi connectivity index (χ4n) is 3.18. The number of rotatable bonds is 3. The van der Waals surface area contributed by atoms with Crippen molar-refractivity contribution in [1.29, 1.82) is 0 Å². The molecule has 1 saturated heterocycles. The van der Waals surface area contributed by atoms with Gasteiger partial charge in [-0.15, -0.1) is 0 Å². The number of anilines is 1. The Labute approximate surface area is 157 Å². The predicted octanol–water partition coefficient (Wildman–Crippen LogP) is 4.64. The Morgan fingerprint density at radius 1 is 1.12 bits per heavy atom. The lowest BCUT2D eigenvalue weighted by Gasteiger charge is -2.30. The zero-order valence-corrected chi connectivity index (χ0v) is 15.3. The number of urea groups is 1. The molecule has 0 spiro atoms. The lowest BCUT2D eigenvalue weighted by Crippen LogP contribution is -2.42. The maximum Gasteiger partial charge on any atom is 0.321 e. The average molecular weight is 373 g/mol. The summed E-state index contributed by atoms with van der Waals surface area (Å²) in [7, 11) is 0. The number of benzene rings is 2. The summed E-state index contributed by atoms with van der Waals surface area (Å²) in [5.74, 6) is -1.13.